The number of rotatable bonds is 6. The number of ether oxygens (including phenoxy) is 1. The first-order chi connectivity index (χ1) is 15.3. The highest BCUT2D eigenvalue weighted by Gasteiger charge is 2.48. The van der Waals surface area contributed by atoms with Crippen molar-refractivity contribution in [2.45, 2.75) is 56.8 Å². The number of hydrogen-bond acceptors (Lipinski definition) is 5. The van der Waals surface area contributed by atoms with Gasteiger partial charge in [-0.2, -0.15) is 13.7 Å². The molecule has 0 heterocycles. The van der Waals surface area contributed by atoms with Crippen LogP contribution in [0.5, 0.6) is 5.75 Å². The molecule has 4 rings (SSSR count). The number of fused-ring (bicyclic) bond motifs is 3. The van der Waals surface area contributed by atoms with Crippen LogP contribution in [0, 0.1) is 35.5 Å². The van der Waals surface area contributed by atoms with Gasteiger partial charge in [-0.05, 0) is 91.2 Å². The van der Waals surface area contributed by atoms with Crippen LogP contribution < -0.4 is 4.74 Å². The van der Waals surface area contributed by atoms with E-state index in [-0.39, 0.29) is 22.8 Å². The van der Waals surface area contributed by atoms with Crippen LogP contribution in [0.4, 0.5) is 0 Å². The summed E-state index contributed by atoms with van der Waals surface area (Å²) in [4.78, 5) is 0.178. The molecular formula is C26H31NO4S. The molecule has 2 aliphatic carbocycles. The Balaban J connectivity index is 1.56. The Morgan fingerprint density at radius 2 is 1.91 bits per heavy atom. The Bertz CT molecular complexity index is 1120. The number of hydrogen-bond donors (Lipinski definition) is 0. The molecule has 0 aliphatic heterocycles. The van der Waals surface area contributed by atoms with Crippen LogP contribution in [-0.4, -0.2) is 22.1 Å². The Morgan fingerprint density at radius 3 is 2.59 bits per heavy atom. The molecule has 0 N–H and O–H groups in total. The van der Waals surface area contributed by atoms with E-state index < -0.39 is 10.1 Å². The molecule has 0 bridgehead atoms. The summed E-state index contributed by atoms with van der Waals surface area (Å²) in [6.45, 7) is 4.12. The molecule has 0 spiro atoms. The van der Waals surface area contributed by atoms with Gasteiger partial charge in [0, 0.05) is 6.42 Å². The van der Waals surface area contributed by atoms with Crippen molar-refractivity contribution < 1.29 is 17.3 Å². The van der Waals surface area contributed by atoms with E-state index in [0.717, 1.165) is 37.0 Å². The average Bonchev–Trinajstić information content (AvgIpc) is 2.79. The molecule has 6 heteroatoms. The molecule has 1 fully saturated rings. The maximum absolute atomic E-state index is 12.8. The summed E-state index contributed by atoms with van der Waals surface area (Å²) in [6, 6.07) is 15.4. The number of nitrogens with zero attached hydrogens (tertiary/aromatic N) is 1. The Labute approximate surface area is 191 Å². The summed E-state index contributed by atoms with van der Waals surface area (Å²) in [7, 11) is -2.15. The van der Waals surface area contributed by atoms with Crippen molar-refractivity contribution in [3.63, 3.8) is 0 Å². The Kier molecular flexibility index (Phi) is 6.33. The molecule has 0 unspecified atom stereocenters. The highest BCUT2D eigenvalue weighted by molar-refractivity contribution is 7.86. The van der Waals surface area contributed by atoms with Gasteiger partial charge in [-0.25, -0.2) is 0 Å². The third-order valence-electron chi connectivity index (χ3n) is 7.62. The Morgan fingerprint density at radius 1 is 1.16 bits per heavy atom. The average molecular weight is 454 g/mol. The zero-order valence-electron chi connectivity index (χ0n) is 19.0. The fourth-order valence-electron chi connectivity index (χ4n) is 5.74. The van der Waals surface area contributed by atoms with E-state index in [1.165, 1.54) is 11.1 Å². The fraction of sp³-hybridized carbons (Fsp3) is 0.500. The standard InChI is InChI=1S/C26H31NO4S/c1-18-4-8-21(9-5-18)32(28,29)31-17-26(2)14-12-23-22-11-7-20(30-3)16-19(22)6-10-24(23)25(26)13-15-27/h4-5,7-9,11,16,23-25H,6,10,12-14,17H2,1-3H3/t23-,24-,25+,26-/m0/s1. The molecule has 4 atom stereocenters. The summed E-state index contributed by atoms with van der Waals surface area (Å²) in [5.74, 6) is 1.71. The van der Waals surface area contributed by atoms with E-state index in [4.69, 9.17) is 8.92 Å². The van der Waals surface area contributed by atoms with E-state index in [2.05, 4.69) is 25.1 Å². The van der Waals surface area contributed by atoms with E-state index in [9.17, 15) is 13.7 Å². The van der Waals surface area contributed by atoms with Crippen molar-refractivity contribution in [3.8, 4) is 11.8 Å². The highest BCUT2D eigenvalue weighted by atomic mass is 32.2. The number of benzene rings is 2. The number of nitriles is 1. The Hall–Kier alpha value is -2.36. The van der Waals surface area contributed by atoms with Gasteiger partial charge in [-0.1, -0.05) is 30.7 Å². The van der Waals surface area contributed by atoms with Gasteiger partial charge in [0.1, 0.15) is 5.75 Å². The van der Waals surface area contributed by atoms with Gasteiger partial charge >= 0.3 is 0 Å². The minimum Gasteiger partial charge on any atom is -0.497 e. The smallest absolute Gasteiger partial charge is 0.296 e. The lowest BCUT2D eigenvalue weighted by Gasteiger charge is -2.51. The van der Waals surface area contributed by atoms with E-state index in [1.807, 2.05) is 13.0 Å². The molecule has 0 radical (unpaired) electrons. The van der Waals surface area contributed by atoms with Crippen LogP contribution in [0.15, 0.2) is 47.4 Å². The minimum absolute atomic E-state index is 0.0923. The van der Waals surface area contributed by atoms with E-state index in [1.54, 1.807) is 31.4 Å². The highest BCUT2D eigenvalue weighted by Crippen LogP contribution is 2.56. The van der Waals surface area contributed by atoms with Crippen LogP contribution in [0.3, 0.4) is 0 Å². The van der Waals surface area contributed by atoms with Crippen LogP contribution >= 0.6 is 0 Å². The van der Waals surface area contributed by atoms with E-state index >= 15 is 0 Å². The SMILES string of the molecule is COc1ccc2c(c1)CC[C@@H]1[C@@H](CC#N)[C@](C)(COS(=O)(=O)c3ccc(C)cc3)CC[C@@H]21. The molecule has 5 nitrogen and oxygen atoms in total. The predicted molar refractivity (Wildman–Crippen MR) is 123 cm³/mol. The number of aryl methyl sites for hydroxylation is 2. The topological polar surface area (TPSA) is 76.4 Å². The van der Waals surface area contributed by atoms with Crippen LogP contribution in [0.1, 0.15) is 55.2 Å². The molecule has 2 aliphatic rings. The predicted octanol–water partition coefficient (Wildman–Crippen LogP) is 5.39. The lowest BCUT2D eigenvalue weighted by Crippen LogP contribution is -2.45. The largest absolute Gasteiger partial charge is 0.497 e. The summed E-state index contributed by atoms with van der Waals surface area (Å²) < 4.78 is 36.6. The van der Waals surface area contributed by atoms with Gasteiger partial charge in [-0.15, -0.1) is 0 Å². The molecule has 2 aromatic rings. The van der Waals surface area contributed by atoms with Gasteiger partial charge in [-0.3, -0.25) is 4.18 Å². The van der Waals surface area contributed by atoms with Gasteiger partial charge in [0.2, 0.25) is 0 Å². The fourth-order valence-corrected chi connectivity index (χ4v) is 6.77. The third-order valence-corrected chi connectivity index (χ3v) is 8.89. The minimum atomic E-state index is -3.84. The normalized spacial score (nSPS) is 27.1. The summed E-state index contributed by atoms with van der Waals surface area (Å²) in [6.07, 6.45) is 4.16. The maximum atomic E-state index is 12.8. The van der Waals surface area contributed by atoms with Crippen molar-refractivity contribution in [3.05, 3.63) is 59.2 Å². The second-order valence-corrected chi connectivity index (χ2v) is 11.2. The van der Waals surface area contributed by atoms with Crippen LogP contribution in [-0.2, 0) is 20.7 Å². The van der Waals surface area contributed by atoms with Crippen molar-refractivity contribution in [1.82, 2.24) is 0 Å². The van der Waals surface area contributed by atoms with Gasteiger partial charge in [0.15, 0.2) is 0 Å². The zero-order chi connectivity index (χ0) is 22.9. The van der Waals surface area contributed by atoms with Gasteiger partial charge in [0.05, 0.1) is 24.7 Å². The first kappa shape index (κ1) is 22.8. The first-order valence-corrected chi connectivity index (χ1v) is 12.7. The van der Waals surface area contributed by atoms with Gasteiger partial charge < -0.3 is 4.74 Å². The van der Waals surface area contributed by atoms with Crippen molar-refractivity contribution in [2.24, 2.45) is 17.3 Å². The number of methoxy groups -OCH3 is 1. The monoisotopic (exact) mass is 453 g/mol. The van der Waals surface area contributed by atoms with E-state index in [0.29, 0.717) is 18.3 Å². The third kappa shape index (κ3) is 4.29. The molecule has 0 saturated heterocycles. The van der Waals surface area contributed by atoms with Crippen LogP contribution in [0.25, 0.3) is 0 Å². The summed E-state index contributed by atoms with van der Waals surface area (Å²) in [5, 5.41) is 9.61. The summed E-state index contributed by atoms with van der Waals surface area (Å²) >= 11 is 0. The zero-order valence-corrected chi connectivity index (χ0v) is 19.8. The quantitative estimate of drug-likeness (QED) is 0.549. The lowest BCUT2D eigenvalue weighted by atomic mass is 9.54. The molecule has 1 saturated carbocycles. The summed E-state index contributed by atoms with van der Waals surface area (Å²) in [5.41, 5.74) is 3.33. The second kappa shape index (κ2) is 8.88. The molecule has 0 aromatic heterocycles. The molecular weight excluding hydrogens is 422 g/mol. The second-order valence-electron chi connectivity index (χ2n) is 9.56. The molecule has 170 valence electrons. The lowest BCUT2D eigenvalue weighted by molar-refractivity contribution is -0.000778. The van der Waals surface area contributed by atoms with Crippen molar-refractivity contribution in [1.29, 1.82) is 5.26 Å². The van der Waals surface area contributed by atoms with Gasteiger partial charge in [0.25, 0.3) is 10.1 Å². The molecule has 0 amide bonds. The first-order valence-electron chi connectivity index (χ1n) is 11.3. The van der Waals surface area contributed by atoms with Crippen molar-refractivity contribution >= 4 is 10.1 Å². The molecule has 2 aromatic carbocycles. The molecule has 32 heavy (non-hydrogen) atoms. The van der Waals surface area contributed by atoms with Crippen LogP contribution in [0.2, 0.25) is 0 Å². The maximum Gasteiger partial charge on any atom is 0.296 e. The van der Waals surface area contributed by atoms with Crippen molar-refractivity contribution in [2.75, 3.05) is 13.7 Å².